The fourth-order valence-electron chi connectivity index (χ4n) is 2.58. The molecular formula is C19H26N2O4. The third kappa shape index (κ3) is 4.75. The van der Waals surface area contributed by atoms with Crippen molar-refractivity contribution in [2.24, 2.45) is 5.92 Å². The van der Waals surface area contributed by atoms with Crippen LogP contribution in [0.25, 0.3) is 0 Å². The zero-order valence-electron chi connectivity index (χ0n) is 15.5. The van der Waals surface area contributed by atoms with Gasteiger partial charge in [0.1, 0.15) is 0 Å². The predicted molar refractivity (Wildman–Crippen MR) is 95.1 cm³/mol. The molecule has 0 aliphatic carbocycles. The first-order chi connectivity index (χ1) is 12.0. The molecule has 0 aliphatic heterocycles. The van der Waals surface area contributed by atoms with E-state index in [9.17, 15) is 4.79 Å². The van der Waals surface area contributed by atoms with Crippen molar-refractivity contribution >= 4 is 5.91 Å². The summed E-state index contributed by atoms with van der Waals surface area (Å²) in [6, 6.07) is 7.18. The fourth-order valence-corrected chi connectivity index (χ4v) is 2.58. The minimum atomic E-state index is -0.286. The van der Waals surface area contributed by atoms with Gasteiger partial charge in [-0.25, -0.2) is 0 Å². The van der Waals surface area contributed by atoms with Crippen LogP contribution >= 0.6 is 0 Å². The van der Waals surface area contributed by atoms with Gasteiger partial charge >= 0.3 is 0 Å². The molecule has 0 saturated carbocycles. The SMILES string of the molecule is CCOc1ccc(C(NC(=O)c2cc(C)no2)C(C)C)cc1OCC. The highest BCUT2D eigenvalue weighted by Gasteiger charge is 2.22. The molecule has 1 heterocycles. The maximum absolute atomic E-state index is 12.4. The van der Waals surface area contributed by atoms with Crippen LogP contribution in [0.3, 0.4) is 0 Å². The van der Waals surface area contributed by atoms with Crippen molar-refractivity contribution in [3.05, 3.63) is 41.3 Å². The highest BCUT2D eigenvalue weighted by atomic mass is 16.5. The van der Waals surface area contributed by atoms with Gasteiger partial charge in [-0.2, -0.15) is 0 Å². The second-order valence-electron chi connectivity index (χ2n) is 6.10. The van der Waals surface area contributed by atoms with Crippen LogP contribution in [0.15, 0.2) is 28.8 Å². The molecule has 0 saturated heterocycles. The summed E-state index contributed by atoms with van der Waals surface area (Å²) in [7, 11) is 0. The first-order valence-corrected chi connectivity index (χ1v) is 8.60. The molecule has 0 fully saturated rings. The number of carbonyl (C=O) groups excluding carboxylic acids is 1. The van der Waals surface area contributed by atoms with Gasteiger partial charge < -0.3 is 19.3 Å². The van der Waals surface area contributed by atoms with E-state index in [1.807, 2.05) is 45.9 Å². The Morgan fingerprint density at radius 2 is 1.84 bits per heavy atom. The molecule has 1 N–H and O–H groups in total. The lowest BCUT2D eigenvalue weighted by atomic mass is 9.95. The van der Waals surface area contributed by atoms with Gasteiger partial charge in [0.05, 0.1) is 24.9 Å². The molecule has 6 nitrogen and oxygen atoms in total. The average Bonchev–Trinajstić information content (AvgIpc) is 3.01. The summed E-state index contributed by atoms with van der Waals surface area (Å²) in [5.74, 6) is 1.48. The highest BCUT2D eigenvalue weighted by Crippen LogP contribution is 2.33. The van der Waals surface area contributed by atoms with E-state index in [1.165, 1.54) is 0 Å². The van der Waals surface area contributed by atoms with Crippen LogP contribution in [0.2, 0.25) is 0 Å². The molecule has 2 aromatic rings. The third-order valence-corrected chi connectivity index (χ3v) is 3.73. The number of ether oxygens (including phenoxy) is 2. The van der Waals surface area contributed by atoms with Crippen molar-refractivity contribution < 1.29 is 18.8 Å². The number of amides is 1. The van der Waals surface area contributed by atoms with Crippen molar-refractivity contribution in [2.45, 2.75) is 40.7 Å². The minimum absolute atomic E-state index is 0.181. The number of carbonyl (C=O) groups is 1. The topological polar surface area (TPSA) is 73.6 Å². The van der Waals surface area contributed by atoms with Gasteiger partial charge in [-0.3, -0.25) is 4.79 Å². The van der Waals surface area contributed by atoms with Crippen LogP contribution in [0, 0.1) is 12.8 Å². The Morgan fingerprint density at radius 3 is 2.40 bits per heavy atom. The molecule has 136 valence electrons. The van der Waals surface area contributed by atoms with Gasteiger partial charge in [0.25, 0.3) is 5.91 Å². The van der Waals surface area contributed by atoms with Gasteiger partial charge in [-0.15, -0.1) is 0 Å². The molecule has 1 atom stereocenters. The van der Waals surface area contributed by atoms with Gasteiger partial charge in [0.2, 0.25) is 5.76 Å². The smallest absolute Gasteiger partial charge is 0.290 e. The van der Waals surface area contributed by atoms with E-state index in [4.69, 9.17) is 14.0 Å². The summed E-state index contributed by atoms with van der Waals surface area (Å²) in [6.45, 7) is 10.8. The summed E-state index contributed by atoms with van der Waals surface area (Å²) < 4.78 is 16.3. The number of aromatic nitrogens is 1. The van der Waals surface area contributed by atoms with Crippen LogP contribution in [-0.2, 0) is 0 Å². The molecule has 2 rings (SSSR count). The first kappa shape index (κ1) is 18.8. The molecule has 25 heavy (non-hydrogen) atoms. The molecule has 1 aromatic heterocycles. The van der Waals surface area contributed by atoms with Gasteiger partial charge in [0, 0.05) is 6.07 Å². The molecule has 0 bridgehead atoms. The zero-order chi connectivity index (χ0) is 18.4. The first-order valence-electron chi connectivity index (χ1n) is 8.60. The van der Waals surface area contributed by atoms with Crippen molar-refractivity contribution in [1.82, 2.24) is 10.5 Å². The van der Waals surface area contributed by atoms with Crippen molar-refractivity contribution in [1.29, 1.82) is 0 Å². The van der Waals surface area contributed by atoms with Crippen molar-refractivity contribution in [3.63, 3.8) is 0 Å². The summed E-state index contributed by atoms with van der Waals surface area (Å²) in [5, 5.41) is 6.77. The number of aryl methyl sites for hydroxylation is 1. The lowest BCUT2D eigenvalue weighted by Crippen LogP contribution is -2.31. The van der Waals surface area contributed by atoms with Crippen LogP contribution in [-0.4, -0.2) is 24.3 Å². The maximum Gasteiger partial charge on any atom is 0.290 e. The molecule has 6 heteroatoms. The Balaban J connectivity index is 2.27. The average molecular weight is 346 g/mol. The highest BCUT2D eigenvalue weighted by molar-refractivity contribution is 5.91. The zero-order valence-corrected chi connectivity index (χ0v) is 15.5. The predicted octanol–water partition coefficient (Wildman–Crippen LogP) is 3.91. The number of rotatable bonds is 8. The Kier molecular flexibility index (Phi) is 6.44. The number of hydrogen-bond acceptors (Lipinski definition) is 5. The van der Waals surface area contributed by atoms with Crippen LogP contribution in [0.4, 0.5) is 0 Å². The molecular weight excluding hydrogens is 320 g/mol. The van der Waals surface area contributed by atoms with E-state index in [1.54, 1.807) is 13.0 Å². The second-order valence-corrected chi connectivity index (χ2v) is 6.10. The summed E-state index contributed by atoms with van der Waals surface area (Å²) >= 11 is 0. The normalized spacial score (nSPS) is 12.1. The van der Waals surface area contributed by atoms with E-state index in [0.717, 1.165) is 5.56 Å². The Labute approximate surface area is 148 Å². The standard InChI is InChI=1S/C19H26N2O4/c1-6-23-15-9-8-14(11-16(15)24-7-2)18(12(3)4)20-19(22)17-10-13(5)21-25-17/h8-12,18H,6-7H2,1-5H3,(H,20,22). The summed E-state index contributed by atoms with van der Waals surface area (Å²) in [5.41, 5.74) is 1.62. The second kappa shape index (κ2) is 8.55. The van der Waals surface area contributed by atoms with Crippen molar-refractivity contribution in [3.8, 4) is 11.5 Å². The molecule has 0 radical (unpaired) electrons. The summed E-state index contributed by atoms with van der Waals surface area (Å²) in [6.07, 6.45) is 0. The molecule has 1 aromatic carbocycles. The quantitative estimate of drug-likeness (QED) is 0.784. The molecule has 0 aliphatic rings. The van der Waals surface area contributed by atoms with Crippen LogP contribution < -0.4 is 14.8 Å². The lowest BCUT2D eigenvalue weighted by molar-refractivity contribution is 0.0888. The lowest BCUT2D eigenvalue weighted by Gasteiger charge is -2.23. The van der Waals surface area contributed by atoms with E-state index in [2.05, 4.69) is 10.5 Å². The Bertz CT molecular complexity index is 709. The van der Waals surface area contributed by atoms with E-state index in [-0.39, 0.29) is 23.6 Å². The van der Waals surface area contributed by atoms with E-state index >= 15 is 0 Å². The summed E-state index contributed by atoms with van der Waals surface area (Å²) in [4.78, 5) is 12.4. The third-order valence-electron chi connectivity index (χ3n) is 3.73. The fraction of sp³-hybridized carbons (Fsp3) is 0.474. The van der Waals surface area contributed by atoms with Crippen LogP contribution in [0.1, 0.15) is 55.5 Å². The van der Waals surface area contributed by atoms with Gasteiger partial charge in [0.15, 0.2) is 11.5 Å². The number of hydrogen-bond donors (Lipinski definition) is 1. The molecule has 1 unspecified atom stereocenters. The number of nitrogens with zero attached hydrogens (tertiary/aromatic N) is 1. The Hall–Kier alpha value is -2.50. The largest absolute Gasteiger partial charge is 0.490 e. The number of benzene rings is 1. The number of nitrogens with one attached hydrogen (secondary N) is 1. The molecule has 1 amide bonds. The maximum atomic E-state index is 12.4. The minimum Gasteiger partial charge on any atom is -0.490 e. The monoisotopic (exact) mass is 346 g/mol. The van der Waals surface area contributed by atoms with E-state index < -0.39 is 0 Å². The van der Waals surface area contributed by atoms with Gasteiger partial charge in [-0.1, -0.05) is 25.1 Å². The van der Waals surface area contributed by atoms with E-state index in [0.29, 0.717) is 30.4 Å². The van der Waals surface area contributed by atoms with Crippen molar-refractivity contribution in [2.75, 3.05) is 13.2 Å². The molecule has 0 spiro atoms. The van der Waals surface area contributed by atoms with Crippen LogP contribution in [0.5, 0.6) is 11.5 Å². The van der Waals surface area contributed by atoms with Gasteiger partial charge in [-0.05, 0) is 44.4 Å². The Morgan fingerprint density at radius 1 is 1.16 bits per heavy atom.